The Morgan fingerprint density at radius 1 is 1.23 bits per heavy atom. The predicted octanol–water partition coefficient (Wildman–Crippen LogP) is 2.80. The zero-order chi connectivity index (χ0) is 18.9. The number of pyridine rings is 1. The van der Waals surface area contributed by atoms with Crippen molar-refractivity contribution < 1.29 is 13.2 Å². The van der Waals surface area contributed by atoms with E-state index in [0.717, 1.165) is 5.56 Å². The van der Waals surface area contributed by atoms with E-state index in [1.54, 1.807) is 38.4 Å². The van der Waals surface area contributed by atoms with Crippen molar-refractivity contribution in [3.8, 4) is 0 Å². The zero-order valence-electron chi connectivity index (χ0n) is 15.2. The Morgan fingerprint density at radius 2 is 1.92 bits per heavy atom. The highest BCUT2D eigenvalue weighted by molar-refractivity contribution is 7.89. The van der Waals surface area contributed by atoms with Crippen LogP contribution < -0.4 is 5.32 Å². The zero-order valence-corrected chi connectivity index (χ0v) is 16.0. The number of hydrogen-bond donors (Lipinski definition) is 1. The summed E-state index contributed by atoms with van der Waals surface area (Å²) in [6.07, 6.45) is 4.33. The fourth-order valence-corrected chi connectivity index (χ4v) is 5.71. The number of aromatic nitrogens is 1. The molecule has 6 nitrogen and oxygen atoms in total. The third-order valence-corrected chi connectivity index (χ3v) is 6.82. The maximum atomic E-state index is 13.3. The van der Waals surface area contributed by atoms with Crippen LogP contribution in [0.1, 0.15) is 29.5 Å². The molecule has 1 aliphatic heterocycles. The number of carbonyl (C=O) groups is 1. The van der Waals surface area contributed by atoms with E-state index in [4.69, 9.17) is 0 Å². The first-order valence-electron chi connectivity index (χ1n) is 8.61. The average Bonchev–Trinajstić information content (AvgIpc) is 3.05. The van der Waals surface area contributed by atoms with Gasteiger partial charge in [0.15, 0.2) is 0 Å². The van der Waals surface area contributed by atoms with Gasteiger partial charge in [-0.3, -0.25) is 9.78 Å². The summed E-state index contributed by atoms with van der Waals surface area (Å²) in [5.74, 6) is -0.318. The van der Waals surface area contributed by atoms with E-state index in [9.17, 15) is 13.2 Å². The van der Waals surface area contributed by atoms with Crippen LogP contribution in [0.5, 0.6) is 0 Å². The van der Waals surface area contributed by atoms with Crippen LogP contribution in [0.15, 0.2) is 41.6 Å². The molecule has 7 heteroatoms. The summed E-state index contributed by atoms with van der Waals surface area (Å²) in [7, 11) is -3.75. The molecule has 1 aliphatic rings. The average molecular weight is 373 g/mol. The molecule has 0 spiro atoms. The van der Waals surface area contributed by atoms with E-state index < -0.39 is 16.1 Å². The Kier molecular flexibility index (Phi) is 5.11. The van der Waals surface area contributed by atoms with Gasteiger partial charge in [-0.1, -0.05) is 17.7 Å². The highest BCUT2D eigenvalue weighted by atomic mass is 32.2. The molecule has 26 heavy (non-hydrogen) atoms. The number of hydrogen-bond acceptors (Lipinski definition) is 4. The molecule has 1 aromatic heterocycles. The second kappa shape index (κ2) is 7.17. The Labute approximate surface area is 154 Å². The Bertz CT molecular complexity index is 903. The largest absolute Gasteiger partial charge is 0.323 e. The molecule has 1 atom stereocenters. The smallest absolute Gasteiger partial charge is 0.244 e. The molecule has 2 aromatic rings. The van der Waals surface area contributed by atoms with Crippen LogP contribution in [0, 0.1) is 20.8 Å². The maximum absolute atomic E-state index is 13.3. The van der Waals surface area contributed by atoms with Gasteiger partial charge in [0.25, 0.3) is 0 Å². The van der Waals surface area contributed by atoms with Gasteiger partial charge in [-0.05, 0) is 56.9 Å². The molecule has 1 fully saturated rings. The highest BCUT2D eigenvalue weighted by Gasteiger charge is 2.40. The topological polar surface area (TPSA) is 79.4 Å². The van der Waals surface area contributed by atoms with E-state index in [1.165, 1.54) is 4.31 Å². The van der Waals surface area contributed by atoms with Crippen LogP contribution in [-0.2, 0) is 14.8 Å². The van der Waals surface area contributed by atoms with Gasteiger partial charge in [-0.2, -0.15) is 4.31 Å². The Hall–Kier alpha value is -2.25. The molecule has 1 unspecified atom stereocenters. The van der Waals surface area contributed by atoms with E-state index in [0.29, 0.717) is 41.1 Å². The minimum absolute atomic E-state index is 0.309. The van der Waals surface area contributed by atoms with Crippen molar-refractivity contribution in [3.05, 3.63) is 53.3 Å². The van der Waals surface area contributed by atoms with Crippen molar-refractivity contribution in [2.45, 2.75) is 44.6 Å². The normalized spacial score (nSPS) is 18.0. The Morgan fingerprint density at radius 3 is 2.54 bits per heavy atom. The molecular weight excluding hydrogens is 350 g/mol. The van der Waals surface area contributed by atoms with Crippen LogP contribution >= 0.6 is 0 Å². The first-order chi connectivity index (χ1) is 12.3. The van der Waals surface area contributed by atoms with E-state index >= 15 is 0 Å². The third-order valence-electron chi connectivity index (χ3n) is 4.61. The maximum Gasteiger partial charge on any atom is 0.244 e. The van der Waals surface area contributed by atoms with Crippen LogP contribution in [0.25, 0.3) is 0 Å². The summed E-state index contributed by atoms with van der Waals surface area (Å²) in [5.41, 5.74) is 3.00. The summed E-state index contributed by atoms with van der Waals surface area (Å²) in [4.78, 5) is 17.0. The summed E-state index contributed by atoms with van der Waals surface area (Å²) < 4.78 is 27.9. The fourth-order valence-electron chi connectivity index (χ4n) is 3.64. The molecule has 138 valence electrons. The molecule has 1 aromatic carbocycles. The quantitative estimate of drug-likeness (QED) is 0.894. The SMILES string of the molecule is Cc1cc(C)c(S(=O)(=O)N2CCCC2C(=O)Nc2cccnc2)c(C)c1. The molecule has 1 amide bonds. The standard InChI is InChI=1S/C19H23N3O3S/c1-13-10-14(2)18(15(3)11-13)26(24,25)22-9-5-7-17(22)19(23)21-16-6-4-8-20-12-16/h4,6,8,10-12,17H,5,7,9H2,1-3H3,(H,21,23). The van der Waals surface area contributed by atoms with E-state index in [-0.39, 0.29) is 5.91 Å². The van der Waals surface area contributed by atoms with Gasteiger partial charge in [-0.25, -0.2) is 8.42 Å². The molecule has 0 saturated carbocycles. The number of rotatable bonds is 4. The van der Waals surface area contributed by atoms with Gasteiger partial charge >= 0.3 is 0 Å². The van der Waals surface area contributed by atoms with E-state index in [1.807, 2.05) is 19.1 Å². The molecule has 3 rings (SSSR count). The lowest BCUT2D eigenvalue weighted by Gasteiger charge is -2.25. The summed E-state index contributed by atoms with van der Waals surface area (Å²) >= 11 is 0. The molecule has 0 bridgehead atoms. The van der Waals surface area contributed by atoms with Crippen molar-refractivity contribution in [1.82, 2.24) is 9.29 Å². The number of anilines is 1. The number of amides is 1. The first kappa shape index (κ1) is 18.5. The highest BCUT2D eigenvalue weighted by Crippen LogP contribution is 2.31. The number of nitrogens with zero attached hydrogens (tertiary/aromatic N) is 2. The molecule has 1 saturated heterocycles. The number of nitrogens with one attached hydrogen (secondary N) is 1. The molecule has 0 aliphatic carbocycles. The second-order valence-corrected chi connectivity index (χ2v) is 8.56. The van der Waals surface area contributed by atoms with Crippen LogP contribution in [0.4, 0.5) is 5.69 Å². The fraction of sp³-hybridized carbons (Fsp3) is 0.368. The second-order valence-electron chi connectivity index (χ2n) is 6.73. The number of aryl methyl sites for hydroxylation is 3. The molecule has 1 N–H and O–H groups in total. The van der Waals surface area contributed by atoms with Crippen molar-refractivity contribution in [2.75, 3.05) is 11.9 Å². The minimum Gasteiger partial charge on any atom is -0.323 e. The lowest BCUT2D eigenvalue weighted by atomic mass is 10.1. The van der Waals surface area contributed by atoms with Gasteiger partial charge in [0.1, 0.15) is 6.04 Å². The van der Waals surface area contributed by atoms with E-state index in [2.05, 4.69) is 10.3 Å². The van der Waals surface area contributed by atoms with Gasteiger partial charge < -0.3 is 5.32 Å². The number of benzene rings is 1. The minimum atomic E-state index is -3.75. The predicted molar refractivity (Wildman–Crippen MR) is 100 cm³/mol. The van der Waals surface area contributed by atoms with Gasteiger partial charge in [0.05, 0.1) is 16.8 Å². The van der Waals surface area contributed by atoms with Crippen molar-refractivity contribution in [3.63, 3.8) is 0 Å². The monoisotopic (exact) mass is 373 g/mol. The summed E-state index contributed by atoms with van der Waals surface area (Å²) in [6.45, 7) is 5.89. The molecular formula is C19H23N3O3S. The van der Waals surface area contributed by atoms with Crippen LogP contribution in [-0.4, -0.2) is 36.2 Å². The van der Waals surface area contributed by atoms with Gasteiger partial charge in [0.2, 0.25) is 15.9 Å². The third kappa shape index (κ3) is 3.50. The molecule has 2 heterocycles. The van der Waals surface area contributed by atoms with Gasteiger partial charge in [-0.15, -0.1) is 0 Å². The summed E-state index contributed by atoms with van der Waals surface area (Å²) in [5, 5.41) is 2.77. The first-order valence-corrected chi connectivity index (χ1v) is 10.1. The molecule has 0 radical (unpaired) electrons. The van der Waals surface area contributed by atoms with Crippen molar-refractivity contribution in [1.29, 1.82) is 0 Å². The van der Waals surface area contributed by atoms with Gasteiger partial charge in [0, 0.05) is 12.7 Å². The Balaban J connectivity index is 1.91. The lowest BCUT2D eigenvalue weighted by Crippen LogP contribution is -2.43. The number of carbonyl (C=O) groups excluding carboxylic acids is 1. The lowest BCUT2D eigenvalue weighted by molar-refractivity contribution is -0.119. The van der Waals surface area contributed by atoms with Crippen molar-refractivity contribution in [2.24, 2.45) is 0 Å². The summed E-state index contributed by atoms with van der Waals surface area (Å²) in [6, 6.07) is 6.46. The number of sulfonamides is 1. The van der Waals surface area contributed by atoms with Crippen LogP contribution in [0.3, 0.4) is 0 Å². The van der Waals surface area contributed by atoms with Crippen LogP contribution in [0.2, 0.25) is 0 Å². The van der Waals surface area contributed by atoms with Crippen molar-refractivity contribution >= 4 is 21.6 Å².